The van der Waals surface area contributed by atoms with Gasteiger partial charge in [0.15, 0.2) is 0 Å². The molecule has 0 aliphatic rings. The lowest BCUT2D eigenvalue weighted by molar-refractivity contribution is 0.378. The summed E-state index contributed by atoms with van der Waals surface area (Å²) in [6, 6.07) is 12.1. The number of ether oxygens (including phenoxy) is 2. The molecule has 0 spiro atoms. The van der Waals surface area contributed by atoms with E-state index in [1.165, 1.54) is 3.57 Å². The third-order valence-corrected chi connectivity index (χ3v) is 4.71. The van der Waals surface area contributed by atoms with Gasteiger partial charge in [0, 0.05) is 8.04 Å². The first-order valence-electron chi connectivity index (χ1n) is 6.45. The maximum atomic E-state index is 5.53. The van der Waals surface area contributed by atoms with Crippen LogP contribution < -0.4 is 14.8 Å². The van der Waals surface area contributed by atoms with Gasteiger partial charge in [-0.15, -0.1) is 0 Å². The Balaban J connectivity index is 2.63. The van der Waals surface area contributed by atoms with Crippen LogP contribution in [0.15, 0.2) is 40.9 Å². The number of methoxy groups -OCH3 is 2. The molecule has 0 aromatic heterocycles. The molecule has 0 aliphatic heterocycles. The Hall–Kier alpha value is -0.790. The van der Waals surface area contributed by atoms with Crippen molar-refractivity contribution < 1.29 is 9.47 Å². The summed E-state index contributed by atoms with van der Waals surface area (Å²) >= 11 is 5.95. The predicted octanol–water partition coefficient (Wildman–Crippen LogP) is 4.38. The SMILES string of the molecule is CNC(c1cc(I)ccc1Br)c1c(OC)cccc1OC. The van der Waals surface area contributed by atoms with E-state index in [0.717, 1.165) is 27.1 Å². The highest BCUT2D eigenvalue weighted by atomic mass is 127. The minimum Gasteiger partial charge on any atom is -0.496 e. The minimum atomic E-state index is -0.0276. The average molecular weight is 462 g/mol. The van der Waals surface area contributed by atoms with Crippen molar-refractivity contribution in [2.75, 3.05) is 21.3 Å². The molecule has 0 fully saturated rings. The molecule has 1 N–H and O–H groups in total. The topological polar surface area (TPSA) is 30.5 Å². The van der Waals surface area contributed by atoms with Crippen molar-refractivity contribution in [1.29, 1.82) is 0 Å². The summed E-state index contributed by atoms with van der Waals surface area (Å²) in [5.74, 6) is 1.61. The van der Waals surface area contributed by atoms with Gasteiger partial charge < -0.3 is 14.8 Å². The number of rotatable bonds is 5. The fourth-order valence-corrected chi connectivity index (χ4v) is 3.35. The van der Waals surface area contributed by atoms with Crippen molar-refractivity contribution in [2.45, 2.75) is 6.04 Å². The summed E-state index contributed by atoms with van der Waals surface area (Å²) < 4.78 is 13.3. The van der Waals surface area contributed by atoms with E-state index in [1.807, 2.05) is 25.2 Å². The van der Waals surface area contributed by atoms with E-state index in [1.54, 1.807) is 14.2 Å². The number of nitrogens with one attached hydrogen (secondary N) is 1. The molecule has 21 heavy (non-hydrogen) atoms. The average Bonchev–Trinajstić information content (AvgIpc) is 2.51. The van der Waals surface area contributed by atoms with Crippen molar-refractivity contribution in [1.82, 2.24) is 5.32 Å². The van der Waals surface area contributed by atoms with Crippen LogP contribution in [-0.4, -0.2) is 21.3 Å². The Kier molecular flexibility index (Phi) is 5.89. The third kappa shape index (κ3) is 3.52. The molecule has 0 saturated carbocycles. The van der Waals surface area contributed by atoms with Gasteiger partial charge in [-0.3, -0.25) is 0 Å². The zero-order valence-electron chi connectivity index (χ0n) is 12.1. The number of hydrogen-bond donors (Lipinski definition) is 1. The first-order chi connectivity index (χ1) is 10.1. The summed E-state index contributed by atoms with van der Waals surface area (Å²) in [4.78, 5) is 0. The fraction of sp³-hybridized carbons (Fsp3) is 0.250. The van der Waals surface area contributed by atoms with Crippen LogP contribution in [-0.2, 0) is 0 Å². The molecule has 0 saturated heterocycles. The van der Waals surface area contributed by atoms with Gasteiger partial charge in [-0.05, 0) is 65.5 Å². The van der Waals surface area contributed by atoms with Gasteiger partial charge in [-0.25, -0.2) is 0 Å². The molecule has 2 aromatic carbocycles. The van der Waals surface area contributed by atoms with E-state index in [2.05, 4.69) is 62.0 Å². The van der Waals surface area contributed by atoms with Crippen LogP contribution in [0.3, 0.4) is 0 Å². The van der Waals surface area contributed by atoms with Crippen LogP contribution in [0.1, 0.15) is 17.2 Å². The zero-order valence-corrected chi connectivity index (χ0v) is 15.9. The highest BCUT2D eigenvalue weighted by molar-refractivity contribution is 14.1. The Morgan fingerprint density at radius 3 is 2.24 bits per heavy atom. The second-order valence-electron chi connectivity index (χ2n) is 4.46. The van der Waals surface area contributed by atoms with E-state index in [0.29, 0.717) is 0 Å². The Morgan fingerprint density at radius 1 is 1.10 bits per heavy atom. The predicted molar refractivity (Wildman–Crippen MR) is 97.3 cm³/mol. The normalized spacial score (nSPS) is 12.0. The Morgan fingerprint density at radius 2 is 1.71 bits per heavy atom. The maximum Gasteiger partial charge on any atom is 0.127 e. The van der Waals surface area contributed by atoms with Crippen LogP contribution >= 0.6 is 38.5 Å². The second-order valence-corrected chi connectivity index (χ2v) is 6.56. The largest absolute Gasteiger partial charge is 0.496 e. The standard InChI is InChI=1S/C16H17BrINO2/c1-19-16(11-9-10(18)7-8-12(11)17)15-13(20-2)5-4-6-14(15)21-3/h4-9,16,19H,1-3H3. The molecule has 5 heteroatoms. The van der Waals surface area contributed by atoms with Crippen molar-refractivity contribution in [3.8, 4) is 11.5 Å². The van der Waals surface area contributed by atoms with Crippen molar-refractivity contribution in [3.63, 3.8) is 0 Å². The molecule has 2 rings (SSSR count). The lowest BCUT2D eigenvalue weighted by atomic mass is 9.97. The van der Waals surface area contributed by atoms with Gasteiger partial charge in [-0.2, -0.15) is 0 Å². The molecule has 1 unspecified atom stereocenters. The van der Waals surface area contributed by atoms with Gasteiger partial charge in [0.1, 0.15) is 11.5 Å². The zero-order chi connectivity index (χ0) is 15.4. The highest BCUT2D eigenvalue weighted by Crippen LogP contribution is 2.39. The molecule has 0 amide bonds. The smallest absolute Gasteiger partial charge is 0.127 e. The molecular formula is C16H17BrINO2. The van der Waals surface area contributed by atoms with Crippen molar-refractivity contribution in [3.05, 3.63) is 55.6 Å². The van der Waals surface area contributed by atoms with Gasteiger partial charge >= 0.3 is 0 Å². The molecule has 1 atom stereocenters. The van der Waals surface area contributed by atoms with Gasteiger partial charge in [0.05, 0.1) is 25.8 Å². The maximum absolute atomic E-state index is 5.53. The number of halogens is 2. The monoisotopic (exact) mass is 461 g/mol. The van der Waals surface area contributed by atoms with E-state index < -0.39 is 0 Å². The lowest BCUT2D eigenvalue weighted by Gasteiger charge is -2.23. The van der Waals surface area contributed by atoms with Crippen molar-refractivity contribution >= 4 is 38.5 Å². The summed E-state index contributed by atoms with van der Waals surface area (Å²) in [5, 5.41) is 3.36. The Labute approximate surface area is 147 Å². The van der Waals surface area contributed by atoms with E-state index in [4.69, 9.17) is 9.47 Å². The van der Waals surface area contributed by atoms with Crippen molar-refractivity contribution in [2.24, 2.45) is 0 Å². The summed E-state index contributed by atoms with van der Waals surface area (Å²) in [5.41, 5.74) is 2.14. The molecule has 0 heterocycles. The van der Waals surface area contributed by atoms with Gasteiger partial charge in [-0.1, -0.05) is 22.0 Å². The Bertz CT molecular complexity index is 611. The quantitative estimate of drug-likeness (QED) is 0.670. The fourth-order valence-electron chi connectivity index (χ4n) is 2.36. The van der Waals surface area contributed by atoms with Gasteiger partial charge in [0.25, 0.3) is 0 Å². The molecule has 0 aliphatic carbocycles. The highest BCUT2D eigenvalue weighted by Gasteiger charge is 2.23. The first kappa shape index (κ1) is 16.6. The molecule has 2 aromatic rings. The van der Waals surface area contributed by atoms with Gasteiger partial charge in [0.2, 0.25) is 0 Å². The van der Waals surface area contributed by atoms with Crippen LogP contribution in [0.5, 0.6) is 11.5 Å². The first-order valence-corrected chi connectivity index (χ1v) is 8.32. The molecule has 3 nitrogen and oxygen atoms in total. The number of hydrogen-bond acceptors (Lipinski definition) is 3. The van der Waals surface area contributed by atoms with E-state index in [-0.39, 0.29) is 6.04 Å². The van der Waals surface area contributed by atoms with Crippen LogP contribution in [0.4, 0.5) is 0 Å². The molecular weight excluding hydrogens is 445 g/mol. The summed E-state index contributed by atoms with van der Waals surface area (Å²) in [6.45, 7) is 0. The van der Waals surface area contributed by atoms with Crippen LogP contribution in [0.25, 0.3) is 0 Å². The van der Waals surface area contributed by atoms with E-state index in [9.17, 15) is 0 Å². The molecule has 112 valence electrons. The number of benzene rings is 2. The molecule has 0 bridgehead atoms. The summed E-state index contributed by atoms with van der Waals surface area (Å²) in [6.07, 6.45) is 0. The summed E-state index contributed by atoms with van der Waals surface area (Å²) in [7, 11) is 5.28. The minimum absolute atomic E-state index is 0.0276. The third-order valence-electron chi connectivity index (χ3n) is 3.31. The van der Waals surface area contributed by atoms with E-state index >= 15 is 0 Å². The second kappa shape index (κ2) is 7.47. The lowest BCUT2D eigenvalue weighted by Crippen LogP contribution is -2.20. The molecule has 0 radical (unpaired) electrons. The van der Waals surface area contributed by atoms with Crippen LogP contribution in [0, 0.1) is 3.57 Å². The van der Waals surface area contributed by atoms with Crippen LogP contribution in [0.2, 0.25) is 0 Å².